The van der Waals surface area contributed by atoms with Gasteiger partial charge in [-0.15, -0.1) is 0 Å². The van der Waals surface area contributed by atoms with E-state index in [0.717, 1.165) is 36.4 Å². The van der Waals surface area contributed by atoms with Crippen molar-refractivity contribution in [2.75, 3.05) is 13.2 Å². The van der Waals surface area contributed by atoms with E-state index in [2.05, 4.69) is 5.32 Å². The Morgan fingerprint density at radius 3 is 2.39 bits per heavy atom. The van der Waals surface area contributed by atoms with Crippen molar-refractivity contribution < 1.29 is 40.3 Å². The number of amides is 1. The number of aliphatic hydroxyl groups is 1. The van der Waals surface area contributed by atoms with Crippen LogP contribution in [0.5, 0.6) is 0 Å². The minimum atomic E-state index is -5.17. The number of sulfone groups is 1. The number of halogens is 5. The van der Waals surface area contributed by atoms with Crippen molar-refractivity contribution in [3.05, 3.63) is 65.0 Å². The van der Waals surface area contributed by atoms with Crippen LogP contribution in [0.15, 0.2) is 47.4 Å². The summed E-state index contributed by atoms with van der Waals surface area (Å²) in [5.74, 6) is -2.50. The van der Waals surface area contributed by atoms with Crippen LogP contribution in [0.4, 0.5) is 22.0 Å². The predicted molar refractivity (Wildman–Crippen MR) is 121 cm³/mol. The molecule has 11 heteroatoms. The standard InChI is InChI=1S/C25H26F5NO4S/c1-23(27,25(28,29)30)16-3-9-20-15(14-16)2-8-21-19(22(33)31-12-13-32)10-11-24(20,21)36(34,35)18-6-4-17(26)5-7-18/h3-7,9,14,19,21,32H,2,8,10-13H2,1H3,(H,31,33)/t19-,21+,23?,24-/m1/s1. The van der Waals surface area contributed by atoms with E-state index in [9.17, 15) is 35.2 Å². The molecular weight excluding hydrogens is 505 g/mol. The molecule has 1 unspecified atom stereocenters. The number of carbonyl (C=O) groups is 1. The minimum Gasteiger partial charge on any atom is -0.395 e. The molecule has 2 aliphatic carbocycles. The van der Waals surface area contributed by atoms with Crippen molar-refractivity contribution >= 4 is 15.7 Å². The van der Waals surface area contributed by atoms with Gasteiger partial charge in [-0.2, -0.15) is 13.2 Å². The molecule has 0 radical (unpaired) electrons. The molecule has 2 N–H and O–H groups in total. The van der Waals surface area contributed by atoms with E-state index in [0.29, 0.717) is 6.92 Å². The molecule has 0 saturated heterocycles. The average Bonchev–Trinajstić information content (AvgIpc) is 3.23. The molecule has 196 valence electrons. The highest BCUT2D eigenvalue weighted by atomic mass is 32.2. The molecule has 0 heterocycles. The van der Waals surface area contributed by atoms with Crippen LogP contribution in [0.2, 0.25) is 0 Å². The summed E-state index contributed by atoms with van der Waals surface area (Å²) in [5, 5.41) is 11.7. The van der Waals surface area contributed by atoms with Crippen molar-refractivity contribution in [3.63, 3.8) is 0 Å². The third-order valence-electron chi connectivity index (χ3n) is 7.62. The third-order valence-corrected chi connectivity index (χ3v) is 10.2. The normalized spacial score (nSPS) is 25.5. The highest BCUT2D eigenvalue weighted by Crippen LogP contribution is 2.59. The highest BCUT2D eigenvalue weighted by molar-refractivity contribution is 7.92. The van der Waals surface area contributed by atoms with Gasteiger partial charge in [0.25, 0.3) is 0 Å². The van der Waals surface area contributed by atoms with Gasteiger partial charge in [0.05, 0.1) is 11.5 Å². The fraction of sp³-hybridized carbons (Fsp3) is 0.480. The van der Waals surface area contributed by atoms with Crippen molar-refractivity contribution in [2.24, 2.45) is 11.8 Å². The van der Waals surface area contributed by atoms with Crippen LogP contribution in [0, 0.1) is 17.7 Å². The Morgan fingerprint density at radius 2 is 1.78 bits per heavy atom. The fourth-order valence-corrected chi connectivity index (χ4v) is 8.23. The molecule has 5 nitrogen and oxygen atoms in total. The first-order valence-corrected chi connectivity index (χ1v) is 13.0. The molecule has 2 aromatic rings. The number of alkyl halides is 4. The van der Waals surface area contributed by atoms with E-state index in [1.165, 1.54) is 6.07 Å². The Morgan fingerprint density at radius 1 is 1.11 bits per heavy atom. The third kappa shape index (κ3) is 4.00. The van der Waals surface area contributed by atoms with Gasteiger partial charge in [-0.05, 0) is 79.5 Å². The fourth-order valence-electron chi connectivity index (χ4n) is 5.76. The first-order chi connectivity index (χ1) is 16.8. The van der Waals surface area contributed by atoms with Gasteiger partial charge in [0.15, 0.2) is 9.84 Å². The van der Waals surface area contributed by atoms with E-state index >= 15 is 0 Å². The largest absolute Gasteiger partial charge is 0.426 e. The van der Waals surface area contributed by atoms with Crippen LogP contribution in [0.1, 0.15) is 42.9 Å². The summed E-state index contributed by atoms with van der Waals surface area (Å²) >= 11 is 0. The van der Waals surface area contributed by atoms with Crippen LogP contribution in [-0.4, -0.2) is 38.8 Å². The smallest absolute Gasteiger partial charge is 0.395 e. The lowest BCUT2D eigenvalue weighted by Crippen LogP contribution is -2.47. The summed E-state index contributed by atoms with van der Waals surface area (Å²) < 4.78 is 95.0. The van der Waals surface area contributed by atoms with Crippen molar-refractivity contribution in [3.8, 4) is 0 Å². The zero-order chi connectivity index (χ0) is 26.5. The van der Waals surface area contributed by atoms with Gasteiger partial charge in [-0.25, -0.2) is 17.2 Å². The number of carbonyl (C=O) groups excluding carboxylic acids is 1. The Balaban J connectivity index is 1.89. The number of rotatable bonds is 6. The molecule has 0 spiro atoms. The van der Waals surface area contributed by atoms with Gasteiger partial charge in [0.1, 0.15) is 10.6 Å². The zero-order valence-electron chi connectivity index (χ0n) is 19.4. The summed E-state index contributed by atoms with van der Waals surface area (Å²) in [4.78, 5) is 12.7. The van der Waals surface area contributed by atoms with Crippen molar-refractivity contribution in [1.29, 1.82) is 0 Å². The summed E-state index contributed by atoms with van der Waals surface area (Å²) in [6.07, 6.45) is -4.64. The number of hydrogen-bond acceptors (Lipinski definition) is 4. The Bertz CT molecular complexity index is 1260. The van der Waals surface area contributed by atoms with Gasteiger partial charge < -0.3 is 10.4 Å². The summed E-state index contributed by atoms with van der Waals surface area (Å²) in [6.45, 7) is 0.115. The molecule has 1 fully saturated rings. The number of hydrogen-bond donors (Lipinski definition) is 2. The number of aliphatic hydroxyl groups excluding tert-OH is 1. The van der Waals surface area contributed by atoms with Crippen LogP contribution < -0.4 is 5.32 Å². The number of nitrogens with one attached hydrogen (secondary N) is 1. The molecule has 4 atom stereocenters. The van der Waals surface area contributed by atoms with E-state index in [1.807, 2.05) is 0 Å². The SMILES string of the molecule is CC(F)(c1ccc2c(c1)CC[C@H]1[C@H](C(=O)NCCO)CC[C@@]21S(=O)(=O)c1ccc(F)cc1)C(F)(F)F. The lowest BCUT2D eigenvalue weighted by atomic mass is 9.72. The summed E-state index contributed by atoms with van der Waals surface area (Å²) in [6, 6.07) is 7.51. The van der Waals surface area contributed by atoms with Crippen LogP contribution >= 0.6 is 0 Å². The molecule has 4 rings (SSSR count). The molecule has 2 aliphatic rings. The molecule has 1 amide bonds. The zero-order valence-corrected chi connectivity index (χ0v) is 20.2. The Labute approximate surface area is 205 Å². The second-order valence-electron chi connectivity index (χ2n) is 9.52. The molecule has 1 saturated carbocycles. The second kappa shape index (κ2) is 9.09. The van der Waals surface area contributed by atoms with Crippen LogP contribution in [0.25, 0.3) is 0 Å². The number of benzene rings is 2. The first kappa shape index (κ1) is 26.5. The monoisotopic (exact) mass is 531 g/mol. The Kier molecular flexibility index (Phi) is 6.70. The van der Waals surface area contributed by atoms with Crippen molar-refractivity contribution in [1.82, 2.24) is 5.32 Å². The molecule has 2 aromatic carbocycles. The topological polar surface area (TPSA) is 83.5 Å². The van der Waals surface area contributed by atoms with Gasteiger partial charge in [0.2, 0.25) is 11.6 Å². The molecule has 0 bridgehead atoms. The first-order valence-electron chi connectivity index (χ1n) is 11.6. The maximum atomic E-state index is 14.7. The molecular formula is C25H26F5NO4S. The average molecular weight is 532 g/mol. The predicted octanol–water partition coefficient (Wildman–Crippen LogP) is 4.32. The minimum absolute atomic E-state index is 0.00704. The molecule has 0 aromatic heterocycles. The number of fused-ring (bicyclic) bond motifs is 3. The van der Waals surface area contributed by atoms with E-state index in [1.54, 1.807) is 0 Å². The molecule has 36 heavy (non-hydrogen) atoms. The van der Waals surface area contributed by atoms with Crippen molar-refractivity contribution in [2.45, 2.75) is 54.1 Å². The maximum absolute atomic E-state index is 14.7. The lowest BCUT2D eigenvalue weighted by Gasteiger charge is -2.42. The van der Waals surface area contributed by atoms with Gasteiger partial charge >= 0.3 is 6.18 Å². The van der Waals surface area contributed by atoms with Crippen LogP contribution in [0.3, 0.4) is 0 Å². The van der Waals surface area contributed by atoms with Gasteiger partial charge in [-0.3, -0.25) is 4.79 Å². The molecule has 0 aliphatic heterocycles. The van der Waals surface area contributed by atoms with Gasteiger partial charge in [-0.1, -0.05) is 18.2 Å². The number of aryl methyl sites for hydroxylation is 1. The van der Waals surface area contributed by atoms with E-state index < -0.39 is 55.6 Å². The quantitative estimate of drug-likeness (QED) is 0.430. The lowest BCUT2D eigenvalue weighted by molar-refractivity contribution is -0.228. The highest BCUT2D eigenvalue weighted by Gasteiger charge is 2.62. The maximum Gasteiger partial charge on any atom is 0.426 e. The van der Waals surface area contributed by atoms with Gasteiger partial charge in [0, 0.05) is 12.5 Å². The van der Waals surface area contributed by atoms with E-state index in [4.69, 9.17) is 5.11 Å². The second-order valence-corrected chi connectivity index (χ2v) is 11.7. The van der Waals surface area contributed by atoms with E-state index in [-0.39, 0.29) is 54.9 Å². The van der Waals surface area contributed by atoms with Crippen LogP contribution in [-0.2, 0) is 31.5 Å². The summed E-state index contributed by atoms with van der Waals surface area (Å²) in [5.41, 5.74) is -3.75. The summed E-state index contributed by atoms with van der Waals surface area (Å²) in [7, 11) is -4.27. The Hall–Kier alpha value is -2.53.